The molecule has 1 heterocycles. The molecule has 2 aromatic rings. The predicted octanol–water partition coefficient (Wildman–Crippen LogP) is 3.73. The van der Waals surface area contributed by atoms with Gasteiger partial charge in [-0.1, -0.05) is 18.2 Å². The molecule has 0 bridgehead atoms. The molecule has 126 valence electrons. The fraction of sp³-hybridized carbons (Fsp3) is 0.316. The van der Waals surface area contributed by atoms with Gasteiger partial charge in [-0.05, 0) is 36.2 Å². The summed E-state index contributed by atoms with van der Waals surface area (Å²) in [4.78, 5) is 14.3. The Balaban J connectivity index is 1.60. The molecule has 1 atom stereocenters. The van der Waals surface area contributed by atoms with Gasteiger partial charge in [0.2, 0.25) is 0 Å². The van der Waals surface area contributed by atoms with E-state index < -0.39 is 0 Å². The highest BCUT2D eigenvalue weighted by atomic mass is 16.5. The first-order valence-electron chi connectivity index (χ1n) is 8.03. The SMILES string of the molecule is COc1ccc([C@@H]2CCN(C(=O)Nc3cccc(OC)c3)C2)cc1. The number of anilines is 1. The van der Waals surface area contributed by atoms with Crippen LogP contribution in [0.2, 0.25) is 0 Å². The molecule has 2 amide bonds. The lowest BCUT2D eigenvalue weighted by Crippen LogP contribution is -2.32. The molecule has 0 radical (unpaired) electrons. The van der Waals surface area contributed by atoms with Gasteiger partial charge in [0, 0.05) is 30.8 Å². The van der Waals surface area contributed by atoms with Crippen molar-refractivity contribution in [3.05, 3.63) is 54.1 Å². The zero-order chi connectivity index (χ0) is 16.9. The molecular formula is C19H22N2O3. The number of nitrogens with one attached hydrogen (secondary N) is 1. The highest BCUT2D eigenvalue weighted by molar-refractivity contribution is 5.89. The normalized spacial score (nSPS) is 16.8. The zero-order valence-electron chi connectivity index (χ0n) is 14.0. The van der Waals surface area contributed by atoms with Crippen LogP contribution in [0.5, 0.6) is 11.5 Å². The number of carbonyl (C=O) groups excluding carboxylic acids is 1. The molecule has 0 aromatic heterocycles. The molecule has 0 unspecified atom stereocenters. The minimum atomic E-state index is -0.0701. The molecule has 3 rings (SSSR count). The fourth-order valence-electron chi connectivity index (χ4n) is 3.00. The van der Waals surface area contributed by atoms with Crippen molar-refractivity contribution in [2.75, 3.05) is 32.6 Å². The lowest BCUT2D eigenvalue weighted by atomic mass is 9.98. The molecule has 1 fully saturated rings. The van der Waals surface area contributed by atoms with Crippen LogP contribution in [0, 0.1) is 0 Å². The van der Waals surface area contributed by atoms with E-state index in [1.807, 2.05) is 41.3 Å². The summed E-state index contributed by atoms with van der Waals surface area (Å²) in [5, 5.41) is 2.94. The highest BCUT2D eigenvalue weighted by Crippen LogP contribution is 2.29. The molecule has 0 spiro atoms. The molecule has 1 saturated heterocycles. The van der Waals surface area contributed by atoms with Gasteiger partial charge in [-0.25, -0.2) is 4.79 Å². The van der Waals surface area contributed by atoms with Crippen molar-refractivity contribution < 1.29 is 14.3 Å². The Morgan fingerprint density at radius 2 is 1.83 bits per heavy atom. The number of urea groups is 1. The van der Waals surface area contributed by atoms with E-state index in [0.717, 1.165) is 36.7 Å². The summed E-state index contributed by atoms with van der Waals surface area (Å²) < 4.78 is 10.4. The van der Waals surface area contributed by atoms with Crippen molar-refractivity contribution in [1.82, 2.24) is 4.90 Å². The molecule has 5 heteroatoms. The third kappa shape index (κ3) is 3.62. The van der Waals surface area contributed by atoms with Crippen LogP contribution in [0.4, 0.5) is 10.5 Å². The van der Waals surface area contributed by atoms with Gasteiger partial charge < -0.3 is 19.7 Å². The quantitative estimate of drug-likeness (QED) is 0.931. The van der Waals surface area contributed by atoms with Gasteiger partial charge in [0.25, 0.3) is 0 Å². The molecular weight excluding hydrogens is 304 g/mol. The van der Waals surface area contributed by atoms with Crippen LogP contribution >= 0.6 is 0 Å². The van der Waals surface area contributed by atoms with Gasteiger partial charge in [-0.3, -0.25) is 0 Å². The van der Waals surface area contributed by atoms with E-state index in [4.69, 9.17) is 9.47 Å². The van der Waals surface area contributed by atoms with Crippen molar-refractivity contribution >= 4 is 11.7 Å². The first-order chi connectivity index (χ1) is 11.7. The Morgan fingerprint density at radius 3 is 2.54 bits per heavy atom. The van der Waals surface area contributed by atoms with E-state index in [9.17, 15) is 4.79 Å². The van der Waals surface area contributed by atoms with Crippen LogP contribution in [0.25, 0.3) is 0 Å². The summed E-state index contributed by atoms with van der Waals surface area (Å²) in [5.74, 6) is 1.95. The number of hydrogen-bond donors (Lipinski definition) is 1. The summed E-state index contributed by atoms with van der Waals surface area (Å²) in [6.07, 6.45) is 0.970. The molecule has 1 aliphatic rings. The van der Waals surface area contributed by atoms with Crippen LogP contribution in [0.3, 0.4) is 0 Å². The average Bonchev–Trinajstić information content (AvgIpc) is 3.12. The van der Waals surface area contributed by atoms with E-state index in [2.05, 4.69) is 17.4 Å². The predicted molar refractivity (Wildman–Crippen MR) is 93.9 cm³/mol. The van der Waals surface area contributed by atoms with Crippen molar-refractivity contribution in [3.63, 3.8) is 0 Å². The van der Waals surface area contributed by atoms with E-state index in [-0.39, 0.29) is 6.03 Å². The monoisotopic (exact) mass is 326 g/mol. The maximum atomic E-state index is 12.4. The van der Waals surface area contributed by atoms with Crippen LogP contribution in [-0.4, -0.2) is 38.2 Å². The molecule has 0 saturated carbocycles. The fourth-order valence-corrected chi connectivity index (χ4v) is 3.00. The summed E-state index contributed by atoms with van der Waals surface area (Å²) in [7, 11) is 3.27. The minimum absolute atomic E-state index is 0.0701. The van der Waals surface area contributed by atoms with Gasteiger partial charge in [0.05, 0.1) is 14.2 Å². The van der Waals surface area contributed by atoms with E-state index in [0.29, 0.717) is 5.92 Å². The Labute approximate surface area is 142 Å². The number of carbonyl (C=O) groups is 1. The number of hydrogen-bond acceptors (Lipinski definition) is 3. The summed E-state index contributed by atoms with van der Waals surface area (Å²) in [6, 6.07) is 15.4. The average molecular weight is 326 g/mol. The van der Waals surface area contributed by atoms with Gasteiger partial charge in [-0.15, -0.1) is 0 Å². The number of likely N-dealkylation sites (tertiary alicyclic amines) is 1. The molecule has 24 heavy (non-hydrogen) atoms. The van der Waals surface area contributed by atoms with Crippen molar-refractivity contribution in [3.8, 4) is 11.5 Å². The van der Waals surface area contributed by atoms with E-state index in [1.54, 1.807) is 14.2 Å². The number of ether oxygens (including phenoxy) is 2. The maximum absolute atomic E-state index is 12.4. The molecule has 0 aliphatic carbocycles. The van der Waals surface area contributed by atoms with Gasteiger partial charge in [-0.2, -0.15) is 0 Å². The second kappa shape index (κ2) is 7.25. The number of methoxy groups -OCH3 is 2. The van der Waals surface area contributed by atoms with Crippen LogP contribution in [0.15, 0.2) is 48.5 Å². The standard InChI is InChI=1S/C19H22N2O3/c1-23-17-8-6-14(7-9-17)15-10-11-21(13-15)19(22)20-16-4-3-5-18(12-16)24-2/h3-9,12,15H,10-11,13H2,1-2H3,(H,20,22)/t15-/m1/s1. The molecule has 1 aliphatic heterocycles. The summed E-state index contributed by atoms with van der Waals surface area (Å²) in [6.45, 7) is 1.48. The largest absolute Gasteiger partial charge is 0.497 e. The van der Waals surface area contributed by atoms with Gasteiger partial charge >= 0.3 is 6.03 Å². The van der Waals surface area contributed by atoms with Crippen molar-refractivity contribution in [1.29, 1.82) is 0 Å². The summed E-state index contributed by atoms with van der Waals surface area (Å²) in [5.41, 5.74) is 1.99. The topological polar surface area (TPSA) is 50.8 Å². The van der Waals surface area contributed by atoms with Gasteiger partial charge in [0.15, 0.2) is 0 Å². The Bertz CT molecular complexity index is 700. The second-order valence-electron chi connectivity index (χ2n) is 5.87. The zero-order valence-corrected chi connectivity index (χ0v) is 14.0. The lowest BCUT2D eigenvalue weighted by molar-refractivity contribution is 0.222. The Hall–Kier alpha value is -2.69. The minimum Gasteiger partial charge on any atom is -0.497 e. The highest BCUT2D eigenvalue weighted by Gasteiger charge is 2.27. The van der Waals surface area contributed by atoms with Crippen LogP contribution in [0.1, 0.15) is 17.9 Å². The maximum Gasteiger partial charge on any atom is 0.321 e. The van der Waals surface area contributed by atoms with E-state index in [1.165, 1.54) is 5.56 Å². The number of rotatable bonds is 4. The van der Waals surface area contributed by atoms with E-state index >= 15 is 0 Å². The Kier molecular flexibility index (Phi) is 4.89. The molecule has 5 nitrogen and oxygen atoms in total. The summed E-state index contributed by atoms with van der Waals surface area (Å²) >= 11 is 0. The third-order valence-electron chi connectivity index (χ3n) is 4.38. The molecule has 2 aromatic carbocycles. The van der Waals surface area contributed by atoms with Crippen LogP contribution < -0.4 is 14.8 Å². The number of nitrogens with zero attached hydrogens (tertiary/aromatic N) is 1. The van der Waals surface area contributed by atoms with Crippen molar-refractivity contribution in [2.45, 2.75) is 12.3 Å². The third-order valence-corrected chi connectivity index (χ3v) is 4.38. The lowest BCUT2D eigenvalue weighted by Gasteiger charge is -2.18. The first-order valence-corrected chi connectivity index (χ1v) is 8.03. The number of amides is 2. The number of benzene rings is 2. The van der Waals surface area contributed by atoms with Crippen LogP contribution in [-0.2, 0) is 0 Å². The van der Waals surface area contributed by atoms with Gasteiger partial charge in [0.1, 0.15) is 11.5 Å². The first kappa shape index (κ1) is 16.2. The Morgan fingerprint density at radius 1 is 1.08 bits per heavy atom. The second-order valence-corrected chi connectivity index (χ2v) is 5.87. The smallest absolute Gasteiger partial charge is 0.321 e. The van der Waals surface area contributed by atoms with Crippen molar-refractivity contribution in [2.24, 2.45) is 0 Å². The molecule has 1 N–H and O–H groups in total.